The van der Waals surface area contributed by atoms with E-state index in [9.17, 15) is 5.11 Å². The van der Waals surface area contributed by atoms with E-state index in [-0.39, 0.29) is 6.61 Å². The van der Waals surface area contributed by atoms with Crippen LogP contribution in [-0.4, -0.2) is 43.8 Å². The fourth-order valence-electron chi connectivity index (χ4n) is 2.25. The Hall–Kier alpha value is -1.70. The van der Waals surface area contributed by atoms with Crippen LogP contribution in [0.2, 0.25) is 0 Å². The molecular formula is C11H14N4O3. The highest BCUT2D eigenvalue weighted by Gasteiger charge is 2.35. The first kappa shape index (κ1) is 11.4. The van der Waals surface area contributed by atoms with Gasteiger partial charge in [0.25, 0.3) is 0 Å². The fourth-order valence-corrected chi connectivity index (χ4v) is 2.25. The van der Waals surface area contributed by atoms with Crippen LogP contribution in [0, 0.1) is 0 Å². The molecule has 1 saturated heterocycles. The minimum absolute atomic E-state index is 0.208. The SMILES string of the molecule is Nc1nccc2c1cnn2C1CC(O)C(CO)O1. The van der Waals surface area contributed by atoms with E-state index in [0.29, 0.717) is 12.2 Å². The summed E-state index contributed by atoms with van der Waals surface area (Å²) in [6.07, 6.45) is 1.98. The second kappa shape index (κ2) is 4.20. The molecule has 2 aromatic rings. The van der Waals surface area contributed by atoms with Crippen molar-refractivity contribution in [2.45, 2.75) is 24.9 Å². The number of rotatable bonds is 2. The normalized spacial score (nSPS) is 28.0. The number of nitrogen functional groups attached to an aromatic ring is 1. The molecule has 3 atom stereocenters. The van der Waals surface area contributed by atoms with E-state index in [2.05, 4.69) is 10.1 Å². The first-order chi connectivity index (χ1) is 8.70. The third kappa shape index (κ3) is 1.64. The zero-order chi connectivity index (χ0) is 12.7. The van der Waals surface area contributed by atoms with Crippen molar-refractivity contribution in [3.05, 3.63) is 18.5 Å². The molecule has 7 nitrogen and oxygen atoms in total. The molecule has 0 saturated carbocycles. The van der Waals surface area contributed by atoms with Gasteiger partial charge in [-0.1, -0.05) is 0 Å². The van der Waals surface area contributed by atoms with E-state index in [0.717, 1.165) is 10.9 Å². The van der Waals surface area contributed by atoms with Gasteiger partial charge in [0.05, 0.1) is 29.8 Å². The van der Waals surface area contributed by atoms with Crippen molar-refractivity contribution in [3.63, 3.8) is 0 Å². The van der Waals surface area contributed by atoms with Crippen molar-refractivity contribution in [3.8, 4) is 0 Å². The summed E-state index contributed by atoms with van der Waals surface area (Å²) in [5.74, 6) is 0.413. The Labute approximate surface area is 103 Å². The molecule has 1 fully saturated rings. The molecular weight excluding hydrogens is 236 g/mol. The van der Waals surface area contributed by atoms with Crippen LogP contribution in [0.15, 0.2) is 18.5 Å². The molecule has 96 valence electrons. The van der Waals surface area contributed by atoms with Gasteiger partial charge in [-0.2, -0.15) is 5.10 Å². The standard InChI is InChI=1S/C11H14N4O3/c12-11-6-4-14-15(7(6)1-2-13-11)10-3-8(17)9(5-16)18-10/h1-2,4,8-10,16-17H,3,5H2,(H2,12,13). The lowest BCUT2D eigenvalue weighted by Gasteiger charge is -2.13. The van der Waals surface area contributed by atoms with E-state index in [1.165, 1.54) is 0 Å². The van der Waals surface area contributed by atoms with Gasteiger partial charge in [-0.25, -0.2) is 9.67 Å². The van der Waals surface area contributed by atoms with E-state index in [1.807, 2.05) is 0 Å². The number of hydrogen-bond acceptors (Lipinski definition) is 6. The number of aliphatic hydroxyl groups excluding tert-OH is 2. The topological polar surface area (TPSA) is 106 Å². The number of aliphatic hydroxyl groups is 2. The van der Waals surface area contributed by atoms with Crippen molar-refractivity contribution >= 4 is 16.7 Å². The lowest BCUT2D eigenvalue weighted by Crippen LogP contribution is -2.24. The van der Waals surface area contributed by atoms with E-state index in [1.54, 1.807) is 23.1 Å². The van der Waals surface area contributed by atoms with Gasteiger partial charge in [-0.15, -0.1) is 0 Å². The Morgan fingerprint density at radius 3 is 3.11 bits per heavy atom. The van der Waals surface area contributed by atoms with Gasteiger partial charge < -0.3 is 20.7 Å². The highest BCUT2D eigenvalue weighted by Crippen LogP contribution is 2.31. The number of nitrogens with zero attached hydrogens (tertiary/aromatic N) is 3. The van der Waals surface area contributed by atoms with Gasteiger partial charge in [0.1, 0.15) is 11.9 Å². The van der Waals surface area contributed by atoms with Crippen molar-refractivity contribution in [2.24, 2.45) is 0 Å². The summed E-state index contributed by atoms with van der Waals surface area (Å²) in [6.45, 7) is -0.208. The van der Waals surface area contributed by atoms with Gasteiger partial charge in [-0.05, 0) is 6.07 Å². The number of fused-ring (bicyclic) bond motifs is 1. The number of ether oxygens (including phenoxy) is 1. The van der Waals surface area contributed by atoms with Crippen LogP contribution in [0.1, 0.15) is 12.6 Å². The molecule has 0 spiro atoms. The lowest BCUT2D eigenvalue weighted by atomic mass is 10.2. The maximum atomic E-state index is 9.72. The van der Waals surface area contributed by atoms with E-state index in [4.69, 9.17) is 15.6 Å². The predicted molar refractivity (Wildman–Crippen MR) is 63.6 cm³/mol. The summed E-state index contributed by atoms with van der Waals surface area (Å²) < 4.78 is 7.21. The zero-order valence-corrected chi connectivity index (χ0v) is 9.60. The average molecular weight is 250 g/mol. The first-order valence-corrected chi connectivity index (χ1v) is 5.73. The minimum atomic E-state index is -0.682. The molecule has 1 aliphatic heterocycles. The van der Waals surface area contributed by atoms with Crippen molar-refractivity contribution < 1.29 is 14.9 Å². The molecule has 0 bridgehead atoms. The Balaban J connectivity index is 1.99. The quantitative estimate of drug-likeness (QED) is 0.673. The summed E-state index contributed by atoms with van der Waals surface area (Å²) in [5, 5.41) is 23.8. The molecule has 2 aromatic heterocycles. The van der Waals surface area contributed by atoms with E-state index < -0.39 is 18.4 Å². The third-order valence-corrected chi connectivity index (χ3v) is 3.21. The predicted octanol–water partition coefficient (Wildman–Crippen LogP) is -0.346. The smallest absolute Gasteiger partial charge is 0.154 e. The number of nitrogens with two attached hydrogens (primary N) is 1. The number of hydrogen-bond donors (Lipinski definition) is 3. The van der Waals surface area contributed by atoms with Gasteiger partial charge in [0.2, 0.25) is 0 Å². The van der Waals surface area contributed by atoms with Crippen LogP contribution in [-0.2, 0) is 4.74 Å². The first-order valence-electron chi connectivity index (χ1n) is 5.73. The Morgan fingerprint density at radius 1 is 1.56 bits per heavy atom. The number of aromatic nitrogens is 3. The van der Waals surface area contributed by atoms with Crippen molar-refractivity contribution in [2.75, 3.05) is 12.3 Å². The van der Waals surface area contributed by atoms with Crippen LogP contribution in [0.4, 0.5) is 5.82 Å². The highest BCUT2D eigenvalue weighted by atomic mass is 16.5. The van der Waals surface area contributed by atoms with Gasteiger partial charge in [-0.3, -0.25) is 0 Å². The molecule has 0 aromatic carbocycles. The van der Waals surface area contributed by atoms with Crippen molar-refractivity contribution in [1.29, 1.82) is 0 Å². The lowest BCUT2D eigenvalue weighted by molar-refractivity contribution is -0.0468. The fraction of sp³-hybridized carbons (Fsp3) is 0.455. The van der Waals surface area contributed by atoms with Gasteiger partial charge in [0.15, 0.2) is 6.23 Å². The van der Waals surface area contributed by atoms with Crippen LogP contribution >= 0.6 is 0 Å². The Morgan fingerprint density at radius 2 is 2.39 bits per heavy atom. The molecule has 1 aliphatic rings. The molecule has 18 heavy (non-hydrogen) atoms. The maximum Gasteiger partial charge on any atom is 0.154 e. The molecule has 7 heteroatoms. The van der Waals surface area contributed by atoms with Gasteiger partial charge >= 0.3 is 0 Å². The van der Waals surface area contributed by atoms with Crippen LogP contribution in [0.3, 0.4) is 0 Å². The average Bonchev–Trinajstić information content (AvgIpc) is 2.93. The van der Waals surface area contributed by atoms with Crippen LogP contribution in [0.5, 0.6) is 0 Å². The minimum Gasteiger partial charge on any atom is -0.394 e. The molecule has 3 unspecified atom stereocenters. The summed E-state index contributed by atoms with van der Waals surface area (Å²) in [4.78, 5) is 3.99. The monoisotopic (exact) mass is 250 g/mol. The largest absolute Gasteiger partial charge is 0.394 e. The number of anilines is 1. The van der Waals surface area contributed by atoms with Crippen LogP contribution < -0.4 is 5.73 Å². The summed E-state index contributed by atoms with van der Waals surface area (Å²) >= 11 is 0. The summed E-state index contributed by atoms with van der Waals surface area (Å²) in [7, 11) is 0. The zero-order valence-electron chi connectivity index (χ0n) is 9.60. The molecule has 0 amide bonds. The summed E-state index contributed by atoms with van der Waals surface area (Å²) in [5.41, 5.74) is 6.56. The molecule has 3 rings (SSSR count). The highest BCUT2D eigenvalue weighted by molar-refractivity contribution is 5.87. The molecule has 3 heterocycles. The Bertz CT molecular complexity index is 570. The van der Waals surface area contributed by atoms with E-state index >= 15 is 0 Å². The molecule has 0 radical (unpaired) electrons. The maximum absolute atomic E-state index is 9.72. The van der Waals surface area contributed by atoms with Gasteiger partial charge in [0, 0.05) is 12.6 Å². The second-order valence-electron chi connectivity index (χ2n) is 4.33. The second-order valence-corrected chi connectivity index (χ2v) is 4.33. The van der Waals surface area contributed by atoms with Crippen molar-refractivity contribution in [1.82, 2.24) is 14.8 Å². The number of pyridine rings is 1. The summed E-state index contributed by atoms with van der Waals surface area (Å²) in [6, 6.07) is 1.79. The molecule has 4 N–H and O–H groups in total. The Kier molecular flexibility index (Phi) is 2.66. The molecule has 0 aliphatic carbocycles. The third-order valence-electron chi connectivity index (χ3n) is 3.21. The van der Waals surface area contributed by atoms with Crippen LogP contribution in [0.25, 0.3) is 10.9 Å².